The quantitative estimate of drug-likeness (QED) is 0.370. The second-order valence-electron chi connectivity index (χ2n) is 5.40. The van der Waals surface area contributed by atoms with Crippen molar-refractivity contribution in [2.45, 2.75) is 40.0 Å². The maximum absolute atomic E-state index is 14.1. The minimum atomic E-state index is -2.13. The van der Waals surface area contributed by atoms with Crippen LogP contribution in [0.25, 0.3) is 5.57 Å². The first-order chi connectivity index (χ1) is 10.3. The van der Waals surface area contributed by atoms with Gasteiger partial charge in [0.15, 0.2) is 23.3 Å². The summed E-state index contributed by atoms with van der Waals surface area (Å²) < 4.78 is 68.2. The molecule has 5 heteroatoms. The van der Waals surface area contributed by atoms with Crippen LogP contribution < -0.4 is 0 Å². The van der Waals surface area contributed by atoms with E-state index in [0.29, 0.717) is 17.9 Å². The fourth-order valence-corrected chi connectivity index (χ4v) is 2.62. The van der Waals surface area contributed by atoms with E-state index in [2.05, 4.69) is 0 Å². The lowest BCUT2D eigenvalue weighted by atomic mass is 9.88. The molecule has 0 saturated heterocycles. The number of rotatable bonds is 4. The highest BCUT2D eigenvalue weighted by molar-refractivity contribution is 5.87. The molecule has 0 heterocycles. The maximum Gasteiger partial charge on any atom is 0.200 e. The summed E-state index contributed by atoms with van der Waals surface area (Å²) in [6.45, 7) is 5.33. The Morgan fingerprint density at radius 3 is 1.82 bits per heavy atom. The number of benzene rings is 1. The fraction of sp³-hybridized carbons (Fsp3) is 0.353. The van der Waals surface area contributed by atoms with E-state index >= 15 is 0 Å². The first-order valence-corrected chi connectivity index (χ1v) is 7.08. The van der Waals surface area contributed by atoms with Crippen LogP contribution in [-0.4, -0.2) is 0 Å². The largest absolute Gasteiger partial charge is 0.203 e. The SMILES string of the molecule is CCCC[C]1C=C(C)C(C)=C1c1c(F)c(F)c(F)c(F)c1F. The molecule has 0 nitrogen and oxygen atoms in total. The monoisotopic (exact) mass is 315 g/mol. The van der Waals surface area contributed by atoms with Crippen LogP contribution in [0.5, 0.6) is 0 Å². The lowest BCUT2D eigenvalue weighted by molar-refractivity contribution is 0.376. The van der Waals surface area contributed by atoms with Gasteiger partial charge in [-0.25, -0.2) is 22.0 Å². The molecule has 0 aliphatic heterocycles. The Labute approximate surface area is 126 Å². The molecule has 0 fully saturated rings. The van der Waals surface area contributed by atoms with Gasteiger partial charge in [-0.15, -0.1) is 0 Å². The highest BCUT2D eigenvalue weighted by Crippen LogP contribution is 2.44. The Morgan fingerprint density at radius 1 is 0.818 bits per heavy atom. The van der Waals surface area contributed by atoms with Crippen LogP contribution in [-0.2, 0) is 0 Å². The molecule has 0 spiro atoms. The van der Waals surface area contributed by atoms with Gasteiger partial charge in [-0.1, -0.05) is 31.4 Å². The van der Waals surface area contributed by atoms with E-state index in [0.717, 1.165) is 18.4 Å². The van der Waals surface area contributed by atoms with Gasteiger partial charge in [0.05, 0.1) is 5.56 Å². The third-order valence-electron chi connectivity index (χ3n) is 3.94. The van der Waals surface area contributed by atoms with Crippen LogP contribution in [0, 0.1) is 35.0 Å². The minimum Gasteiger partial charge on any atom is -0.203 e. The summed E-state index contributed by atoms with van der Waals surface area (Å²) >= 11 is 0. The van der Waals surface area contributed by atoms with Gasteiger partial charge in [0.2, 0.25) is 5.82 Å². The average Bonchev–Trinajstić information content (AvgIpc) is 2.77. The summed E-state index contributed by atoms with van der Waals surface area (Å²) in [5.41, 5.74) is 0.603. The molecule has 0 atom stereocenters. The normalized spacial score (nSPS) is 15.7. The van der Waals surface area contributed by atoms with Crippen molar-refractivity contribution in [1.29, 1.82) is 0 Å². The molecule has 0 bridgehead atoms. The molecule has 1 aliphatic carbocycles. The Kier molecular flexibility index (Phi) is 4.73. The molecule has 1 aromatic carbocycles. The molecule has 119 valence electrons. The zero-order valence-corrected chi connectivity index (χ0v) is 12.6. The van der Waals surface area contributed by atoms with Crippen molar-refractivity contribution in [3.63, 3.8) is 0 Å². The Balaban J connectivity index is 2.65. The summed E-state index contributed by atoms with van der Waals surface area (Å²) in [5.74, 6) is -8.89. The highest BCUT2D eigenvalue weighted by Gasteiger charge is 2.33. The van der Waals surface area contributed by atoms with E-state index in [1.54, 1.807) is 19.9 Å². The number of hydrogen-bond acceptors (Lipinski definition) is 0. The van der Waals surface area contributed by atoms with E-state index in [-0.39, 0.29) is 5.57 Å². The van der Waals surface area contributed by atoms with Crippen LogP contribution in [0.1, 0.15) is 45.6 Å². The van der Waals surface area contributed by atoms with Crippen molar-refractivity contribution >= 4 is 5.57 Å². The second-order valence-corrected chi connectivity index (χ2v) is 5.40. The second kappa shape index (κ2) is 6.23. The Bertz CT molecular complexity index is 641. The van der Waals surface area contributed by atoms with Gasteiger partial charge >= 0.3 is 0 Å². The summed E-state index contributed by atoms with van der Waals surface area (Å²) in [6.07, 6.45) is 3.91. The van der Waals surface area contributed by atoms with E-state index in [9.17, 15) is 22.0 Å². The lowest BCUT2D eigenvalue weighted by Crippen LogP contribution is -2.09. The van der Waals surface area contributed by atoms with Crippen molar-refractivity contribution in [3.05, 3.63) is 57.8 Å². The van der Waals surface area contributed by atoms with Gasteiger partial charge in [-0.05, 0) is 31.4 Å². The van der Waals surface area contributed by atoms with Crippen LogP contribution in [0.15, 0.2) is 17.2 Å². The zero-order valence-electron chi connectivity index (χ0n) is 12.6. The van der Waals surface area contributed by atoms with E-state index in [1.165, 1.54) is 0 Å². The third kappa shape index (κ3) is 2.57. The predicted octanol–water partition coefficient (Wildman–Crippen LogP) is 5.88. The van der Waals surface area contributed by atoms with Gasteiger partial charge < -0.3 is 0 Å². The molecule has 0 amide bonds. The predicted molar refractivity (Wildman–Crippen MR) is 75.4 cm³/mol. The van der Waals surface area contributed by atoms with Crippen LogP contribution >= 0.6 is 0 Å². The zero-order chi connectivity index (χ0) is 16.6. The van der Waals surface area contributed by atoms with Crippen molar-refractivity contribution in [3.8, 4) is 0 Å². The van der Waals surface area contributed by atoms with Crippen molar-refractivity contribution in [2.24, 2.45) is 0 Å². The van der Waals surface area contributed by atoms with Crippen molar-refractivity contribution in [1.82, 2.24) is 0 Å². The molecular weight excluding hydrogens is 299 g/mol. The van der Waals surface area contributed by atoms with Crippen LogP contribution in [0.4, 0.5) is 22.0 Å². The smallest absolute Gasteiger partial charge is 0.200 e. The molecule has 1 aliphatic rings. The molecule has 0 N–H and O–H groups in total. The van der Waals surface area contributed by atoms with Gasteiger partial charge in [0, 0.05) is 5.92 Å². The molecule has 22 heavy (non-hydrogen) atoms. The van der Waals surface area contributed by atoms with Crippen LogP contribution in [0.3, 0.4) is 0 Å². The molecule has 1 radical (unpaired) electrons. The standard InChI is InChI=1S/C17H16F5/c1-4-5-6-10-7-8(2)9(3)11(10)12-13(18)15(20)17(22)16(21)14(12)19/h7H,4-6H2,1-3H3. The van der Waals surface area contributed by atoms with Crippen molar-refractivity contribution in [2.75, 3.05) is 0 Å². The summed E-state index contributed by atoms with van der Waals surface area (Å²) in [5, 5.41) is 0. The highest BCUT2D eigenvalue weighted by atomic mass is 19.2. The van der Waals surface area contributed by atoms with Gasteiger partial charge in [0.1, 0.15) is 0 Å². The Morgan fingerprint density at radius 2 is 1.32 bits per heavy atom. The minimum absolute atomic E-state index is 0.124. The number of unbranched alkanes of at least 4 members (excludes halogenated alkanes) is 1. The van der Waals surface area contributed by atoms with E-state index < -0.39 is 34.6 Å². The van der Waals surface area contributed by atoms with Crippen LogP contribution in [0.2, 0.25) is 0 Å². The first kappa shape index (κ1) is 16.7. The fourth-order valence-electron chi connectivity index (χ4n) is 2.62. The number of halogens is 5. The summed E-state index contributed by atoms with van der Waals surface area (Å²) in [4.78, 5) is 0. The lowest BCUT2D eigenvalue weighted by Gasteiger charge is -2.17. The molecular formula is C17H16F5. The van der Waals surface area contributed by atoms with Crippen molar-refractivity contribution < 1.29 is 22.0 Å². The molecule has 0 unspecified atom stereocenters. The van der Waals surface area contributed by atoms with E-state index in [4.69, 9.17) is 0 Å². The van der Waals surface area contributed by atoms with Gasteiger partial charge in [0.25, 0.3) is 0 Å². The summed E-state index contributed by atoms with van der Waals surface area (Å²) in [7, 11) is 0. The van der Waals surface area contributed by atoms with E-state index in [1.807, 2.05) is 6.92 Å². The first-order valence-electron chi connectivity index (χ1n) is 7.08. The topological polar surface area (TPSA) is 0 Å². The average molecular weight is 315 g/mol. The summed E-state index contributed by atoms with van der Waals surface area (Å²) in [6, 6.07) is 0. The maximum atomic E-state index is 14.1. The molecule has 1 aromatic rings. The Hall–Kier alpha value is -1.65. The number of allylic oxidation sites excluding steroid dienone is 4. The third-order valence-corrected chi connectivity index (χ3v) is 3.94. The van der Waals surface area contributed by atoms with Gasteiger partial charge in [-0.3, -0.25) is 0 Å². The molecule has 2 rings (SSSR count). The number of hydrogen-bond donors (Lipinski definition) is 0. The molecule has 0 saturated carbocycles. The molecule has 0 aromatic heterocycles. The van der Waals surface area contributed by atoms with Gasteiger partial charge in [-0.2, -0.15) is 0 Å².